The number of aromatic nitrogens is 2. The molecule has 6 aromatic carbocycles. The monoisotopic (exact) mass is 562 g/mol. The Morgan fingerprint density at radius 1 is 0.432 bits per heavy atom. The lowest BCUT2D eigenvalue weighted by atomic mass is 9.55. The van der Waals surface area contributed by atoms with E-state index in [9.17, 15) is 0 Å². The SMILES string of the molecule is CC1(C)c2ccccc2C2(c3ccccc3-c3ccccc32)c2cc(-c3cccc(-c4cnc5ccccc5n4)c3)ccc21. The van der Waals surface area contributed by atoms with Gasteiger partial charge >= 0.3 is 0 Å². The molecule has 2 aliphatic rings. The summed E-state index contributed by atoms with van der Waals surface area (Å²) in [6, 6.07) is 51.1. The zero-order valence-corrected chi connectivity index (χ0v) is 24.8. The Morgan fingerprint density at radius 3 is 1.75 bits per heavy atom. The van der Waals surface area contributed by atoms with Gasteiger partial charge in [0.2, 0.25) is 0 Å². The molecule has 0 N–H and O–H groups in total. The molecule has 0 unspecified atom stereocenters. The molecule has 0 radical (unpaired) electrons. The highest BCUT2D eigenvalue weighted by Gasteiger charge is 2.53. The number of rotatable bonds is 2. The summed E-state index contributed by atoms with van der Waals surface area (Å²) >= 11 is 0. The lowest BCUT2D eigenvalue weighted by Gasteiger charge is -2.46. The van der Waals surface area contributed by atoms with E-state index in [1.54, 1.807) is 0 Å². The van der Waals surface area contributed by atoms with Gasteiger partial charge in [-0.05, 0) is 79.9 Å². The second-order valence-electron chi connectivity index (χ2n) is 12.6. The molecular formula is C42H30N2. The maximum atomic E-state index is 4.94. The number of benzene rings is 6. The van der Waals surface area contributed by atoms with Crippen LogP contribution in [0.25, 0.3) is 44.5 Å². The summed E-state index contributed by atoms with van der Waals surface area (Å²) in [5, 5.41) is 0. The first kappa shape index (κ1) is 25.2. The second-order valence-corrected chi connectivity index (χ2v) is 12.6. The standard InChI is InChI=1S/C42H30N2/c1-41(2)34-18-7-8-19-36(34)42(32-16-5-3-14-30(32)31-15-4-6-17-33(31)42)37-25-28(22-23-35(37)41)27-12-11-13-29(24-27)40-26-43-38-20-9-10-21-39(38)44-40/h3-26H,1-2H3. The van der Waals surface area contributed by atoms with Crippen molar-refractivity contribution < 1.29 is 0 Å². The second kappa shape index (κ2) is 9.08. The van der Waals surface area contributed by atoms with Gasteiger partial charge in [0.25, 0.3) is 0 Å². The van der Waals surface area contributed by atoms with Crippen molar-refractivity contribution in [3.63, 3.8) is 0 Å². The van der Waals surface area contributed by atoms with E-state index < -0.39 is 5.41 Å². The summed E-state index contributed by atoms with van der Waals surface area (Å²) in [7, 11) is 0. The molecule has 2 heteroatoms. The lowest BCUT2D eigenvalue weighted by molar-refractivity contribution is 0.563. The Kier molecular flexibility index (Phi) is 5.20. The first-order valence-corrected chi connectivity index (χ1v) is 15.3. The Morgan fingerprint density at radius 2 is 1.00 bits per heavy atom. The van der Waals surface area contributed by atoms with Crippen molar-refractivity contribution >= 4 is 11.0 Å². The van der Waals surface area contributed by atoms with E-state index in [1.165, 1.54) is 55.6 Å². The van der Waals surface area contributed by atoms with Gasteiger partial charge in [0, 0.05) is 11.0 Å². The molecule has 2 nitrogen and oxygen atoms in total. The molecular weight excluding hydrogens is 532 g/mol. The Bertz CT molecular complexity index is 2230. The van der Waals surface area contributed by atoms with Crippen molar-refractivity contribution in [3.8, 4) is 33.5 Å². The van der Waals surface area contributed by atoms with Crippen molar-refractivity contribution in [2.24, 2.45) is 0 Å². The zero-order chi connectivity index (χ0) is 29.5. The van der Waals surface area contributed by atoms with Crippen molar-refractivity contribution in [1.82, 2.24) is 9.97 Å². The number of para-hydroxylation sites is 2. The maximum absolute atomic E-state index is 4.94. The summed E-state index contributed by atoms with van der Waals surface area (Å²) in [6.45, 7) is 4.76. The maximum Gasteiger partial charge on any atom is 0.0894 e. The van der Waals surface area contributed by atoms with Gasteiger partial charge in [-0.3, -0.25) is 4.98 Å². The molecule has 1 spiro atoms. The first-order chi connectivity index (χ1) is 21.6. The molecule has 9 rings (SSSR count). The third-order valence-electron chi connectivity index (χ3n) is 9.99. The molecule has 0 bridgehead atoms. The fourth-order valence-electron chi connectivity index (χ4n) is 7.99. The van der Waals surface area contributed by atoms with Crippen LogP contribution in [-0.4, -0.2) is 9.97 Å². The highest BCUT2D eigenvalue weighted by atomic mass is 14.8. The van der Waals surface area contributed by atoms with E-state index in [0.717, 1.165) is 22.3 Å². The van der Waals surface area contributed by atoms with Crippen LogP contribution < -0.4 is 0 Å². The van der Waals surface area contributed by atoms with Crippen LogP contribution in [0.5, 0.6) is 0 Å². The molecule has 1 aromatic heterocycles. The van der Waals surface area contributed by atoms with Gasteiger partial charge in [-0.1, -0.05) is 129 Å². The predicted octanol–water partition coefficient (Wildman–Crippen LogP) is 9.97. The molecule has 7 aromatic rings. The van der Waals surface area contributed by atoms with Crippen LogP contribution in [0.3, 0.4) is 0 Å². The van der Waals surface area contributed by atoms with Crippen LogP contribution in [0.15, 0.2) is 146 Å². The Labute approximate surface area is 257 Å². The van der Waals surface area contributed by atoms with E-state index in [-0.39, 0.29) is 5.41 Å². The van der Waals surface area contributed by atoms with Crippen LogP contribution in [0.1, 0.15) is 47.2 Å². The smallest absolute Gasteiger partial charge is 0.0894 e. The minimum atomic E-state index is -0.397. The minimum Gasteiger partial charge on any atom is -0.252 e. The van der Waals surface area contributed by atoms with E-state index in [2.05, 4.69) is 134 Å². The molecule has 0 amide bonds. The molecule has 44 heavy (non-hydrogen) atoms. The summed E-state index contributed by atoms with van der Waals surface area (Å²) in [5.74, 6) is 0. The third kappa shape index (κ3) is 3.31. The van der Waals surface area contributed by atoms with Crippen molar-refractivity contribution in [2.45, 2.75) is 24.7 Å². The van der Waals surface area contributed by atoms with E-state index in [4.69, 9.17) is 4.98 Å². The van der Waals surface area contributed by atoms with E-state index in [1.807, 2.05) is 30.5 Å². The quantitative estimate of drug-likeness (QED) is 0.210. The largest absolute Gasteiger partial charge is 0.252 e. The lowest BCUT2D eigenvalue weighted by Crippen LogP contribution is -2.40. The van der Waals surface area contributed by atoms with Crippen LogP contribution in [-0.2, 0) is 10.8 Å². The molecule has 208 valence electrons. The van der Waals surface area contributed by atoms with Crippen LogP contribution in [0.2, 0.25) is 0 Å². The summed E-state index contributed by atoms with van der Waals surface area (Å²) < 4.78 is 0. The summed E-state index contributed by atoms with van der Waals surface area (Å²) in [4.78, 5) is 9.62. The first-order valence-electron chi connectivity index (χ1n) is 15.3. The normalized spacial score (nSPS) is 15.0. The van der Waals surface area contributed by atoms with Gasteiger partial charge in [0.1, 0.15) is 0 Å². The summed E-state index contributed by atoms with van der Waals surface area (Å²) in [6.07, 6.45) is 1.88. The van der Waals surface area contributed by atoms with Crippen molar-refractivity contribution in [3.05, 3.63) is 179 Å². The van der Waals surface area contributed by atoms with Gasteiger partial charge in [0.05, 0.1) is 28.3 Å². The third-order valence-corrected chi connectivity index (χ3v) is 9.99. The topological polar surface area (TPSA) is 25.8 Å². The van der Waals surface area contributed by atoms with Gasteiger partial charge in [0.15, 0.2) is 0 Å². The van der Waals surface area contributed by atoms with Crippen LogP contribution in [0.4, 0.5) is 0 Å². The number of hydrogen-bond acceptors (Lipinski definition) is 2. The molecule has 0 fully saturated rings. The highest BCUT2D eigenvalue weighted by molar-refractivity contribution is 5.89. The molecule has 0 saturated heterocycles. The van der Waals surface area contributed by atoms with Crippen LogP contribution >= 0.6 is 0 Å². The van der Waals surface area contributed by atoms with Gasteiger partial charge in [-0.25, -0.2) is 4.98 Å². The number of fused-ring (bicyclic) bond motifs is 10. The number of hydrogen-bond donors (Lipinski definition) is 0. The Balaban J connectivity index is 1.30. The minimum absolute atomic E-state index is 0.148. The van der Waals surface area contributed by atoms with E-state index >= 15 is 0 Å². The molecule has 1 heterocycles. The van der Waals surface area contributed by atoms with Gasteiger partial charge in [-0.2, -0.15) is 0 Å². The van der Waals surface area contributed by atoms with Crippen LogP contribution in [0, 0.1) is 0 Å². The van der Waals surface area contributed by atoms with Gasteiger partial charge < -0.3 is 0 Å². The fourth-order valence-corrected chi connectivity index (χ4v) is 7.99. The van der Waals surface area contributed by atoms with Crippen molar-refractivity contribution in [2.75, 3.05) is 0 Å². The molecule has 0 aliphatic heterocycles. The zero-order valence-electron chi connectivity index (χ0n) is 24.8. The molecule has 0 atom stereocenters. The summed E-state index contributed by atoms with van der Waals surface area (Å²) in [5.41, 5.74) is 16.5. The van der Waals surface area contributed by atoms with Gasteiger partial charge in [-0.15, -0.1) is 0 Å². The highest BCUT2D eigenvalue weighted by Crippen LogP contribution is 2.62. The average molecular weight is 563 g/mol. The van der Waals surface area contributed by atoms with E-state index in [0.29, 0.717) is 0 Å². The fraction of sp³-hybridized carbons (Fsp3) is 0.0952. The molecule has 0 saturated carbocycles. The predicted molar refractivity (Wildman–Crippen MR) is 180 cm³/mol. The molecule has 2 aliphatic carbocycles. The van der Waals surface area contributed by atoms with Crippen molar-refractivity contribution in [1.29, 1.82) is 0 Å². The average Bonchev–Trinajstić information content (AvgIpc) is 3.38. The Hall–Kier alpha value is -5.34. The number of nitrogens with zero attached hydrogens (tertiary/aromatic N) is 2.